The first-order valence-electron chi connectivity index (χ1n) is 16.8. The molecular formula is C33H52N6O3. The number of nitrogens with one attached hydrogen (secondary N) is 2. The van der Waals surface area contributed by atoms with Crippen molar-refractivity contribution in [3.8, 4) is 6.07 Å². The molecular weight excluding hydrogens is 528 g/mol. The van der Waals surface area contributed by atoms with Crippen LogP contribution in [0.25, 0.3) is 0 Å². The van der Waals surface area contributed by atoms with Gasteiger partial charge in [-0.15, -0.1) is 0 Å². The Balaban J connectivity index is 1.22. The van der Waals surface area contributed by atoms with Crippen molar-refractivity contribution in [2.45, 2.75) is 108 Å². The van der Waals surface area contributed by atoms with Crippen molar-refractivity contribution in [3.05, 3.63) is 12.7 Å². The number of amides is 1. The fraction of sp³-hybridized carbons (Fsp3) is 0.848. The Morgan fingerprint density at radius 2 is 1.90 bits per heavy atom. The Morgan fingerprint density at radius 1 is 1.10 bits per heavy atom. The van der Waals surface area contributed by atoms with Crippen LogP contribution in [0.15, 0.2) is 12.7 Å². The monoisotopic (exact) mass is 580 g/mol. The van der Waals surface area contributed by atoms with Gasteiger partial charge >= 0.3 is 0 Å². The molecule has 0 bridgehead atoms. The Kier molecular flexibility index (Phi) is 9.10. The van der Waals surface area contributed by atoms with E-state index in [9.17, 15) is 14.9 Å². The highest BCUT2D eigenvalue weighted by atomic mass is 16.5. The molecule has 232 valence electrons. The number of hydrogen-bond donors (Lipinski definition) is 2. The van der Waals surface area contributed by atoms with Gasteiger partial charge in [0.1, 0.15) is 0 Å². The molecule has 0 aromatic heterocycles. The van der Waals surface area contributed by atoms with Gasteiger partial charge in [-0.05, 0) is 82.4 Å². The lowest BCUT2D eigenvalue weighted by molar-refractivity contribution is -0.158. The van der Waals surface area contributed by atoms with E-state index in [-0.39, 0.29) is 41.9 Å². The quantitative estimate of drug-likeness (QED) is 0.463. The lowest BCUT2D eigenvalue weighted by Gasteiger charge is -2.57. The maximum absolute atomic E-state index is 14.6. The summed E-state index contributed by atoms with van der Waals surface area (Å²) < 4.78 is 6.51. The third-order valence-electron chi connectivity index (χ3n) is 12.2. The standard InChI is InChI=1S/C33H52N6O3/c1-4-28(40)39-18-17-38(20-24(39)12-15-34)31-27-11-14-33(13-10-26-22(2)7-5-8-23(26)19-33)30(41)29(27)35-32(36-31)42-21-25-9-6-16-37(25)3/h4,22-27,29,31-32,35-36H,1,5-14,16-21H2,2-3H3/t22?,23?,24?,25?,26?,27?,29?,31?,32?,33-/m1/s1. The van der Waals surface area contributed by atoms with Gasteiger partial charge in [0.2, 0.25) is 5.91 Å². The fourth-order valence-corrected chi connectivity index (χ4v) is 9.84. The van der Waals surface area contributed by atoms with Crippen molar-refractivity contribution in [2.24, 2.45) is 29.1 Å². The second-order valence-electron chi connectivity index (χ2n) is 14.4. The van der Waals surface area contributed by atoms with Gasteiger partial charge in [-0.3, -0.25) is 25.1 Å². The van der Waals surface area contributed by atoms with Crippen LogP contribution in [-0.4, -0.2) is 96.9 Å². The number of Topliss-reactive ketones (excluding diaryl/α,β-unsaturated/α-hetero) is 1. The number of piperazine rings is 1. The number of likely N-dealkylation sites (N-methyl/N-ethyl adjacent to an activating group) is 1. The largest absolute Gasteiger partial charge is 0.348 e. The molecule has 9 nitrogen and oxygen atoms in total. The Bertz CT molecular complexity index is 1060. The Morgan fingerprint density at radius 3 is 2.64 bits per heavy atom. The number of hydrogen-bond acceptors (Lipinski definition) is 8. The molecule has 9 heteroatoms. The predicted octanol–water partition coefficient (Wildman–Crippen LogP) is 3.08. The van der Waals surface area contributed by atoms with Crippen LogP contribution in [0.5, 0.6) is 0 Å². The van der Waals surface area contributed by atoms with E-state index in [0.717, 1.165) is 50.5 Å². The fourth-order valence-electron chi connectivity index (χ4n) is 9.84. The SMILES string of the molecule is C=CC(=O)N1CCN(C2NC(OCC3CCCN3C)NC3C(=O)[C@]4(CCC5C(C)CCCC5C4)CCC32)CC1CC#N. The minimum atomic E-state index is -0.405. The molecule has 1 amide bonds. The summed E-state index contributed by atoms with van der Waals surface area (Å²) in [6.07, 6.45) is 12.7. The molecule has 6 rings (SSSR count). The van der Waals surface area contributed by atoms with Crippen molar-refractivity contribution in [2.75, 3.05) is 39.8 Å². The van der Waals surface area contributed by atoms with Crippen LogP contribution in [0.4, 0.5) is 0 Å². The number of rotatable bonds is 6. The van der Waals surface area contributed by atoms with E-state index in [1.54, 1.807) is 4.90 Å². The summed E-state index contributed by atoms with van der Waals surface area (Å²) in [7, 11) is 2.16. The molecule has 0 aromatic rings. The lowest BCUT2D eigenvalue weighted by Crippen LogP contribution is -2.74. The molecule has 0 radical (unpaired) electrons. The smallest absolute Gasteiger partial charge is 0.246 e. The van der Waals surface area contributed by atoms with Gasteiger partial charge < -0.3 is 14.5 Å². The molecule has 6 fully saturated rings. The molecule has 3 saturated carbocycles. The van der Waals surface area contributed by atoms with Crippen LogP contribution in [-0.2, 0) is 14.3 Å². The molecule has 3 saturated heterocycles. The first-order valence-corrected chi connectivity index (χ1v) is 16.8. The van der Waals surface area contributed by atoms with Gasteiger partial charge in [-0.25, -0.2) is 0 Å². The molecule has 10 atom stereocenters. The Labute approximate surface area is 252 Å². The number of nitrogens with zero attached hydrogens (tertiary/aromatic N) is 4. The van der Waals surface area contributed by atoms with Crippen molar-refractivity contribution in [3.63, 3.8) is 0 Å². The minimum absolute atomic E-state index is 0.0444. The van der Waals surface area contributed by atoms with E-state index < -0.39 is 6.35 Å². The lowest BCUT2D eigenvalue weighted by atomic mass is 9.53. The van der Waals surface area contributed by atoms with E-state index in [1.807, 2.05) is 0 Å². The van der Waals surface area contributed by atoms with Crippen LogP contribution in [0, 0.1) is 40.4 Å². The van der Waals surface area contributed by atoms with Crippen LogP contribution in [0.3, 0.4) is 0 Å². The van der Waals surface area contributed by atoms with Crippen LogP contribution >= 0.6 is 0 Å². The maximum atomic E-state index is 14.6. The molecule has 3 aliphatic carbocycles. The zero-order valence-electron chi connectivity index (χ0n) is 25.8. The van der Waals surface area contributed by atoms with Crippen molar-refractivity contribution >= 4 is 11.7 Å². The van der Waals surface area contributed by atoms with E-state index in [1.165, 1.54) is 38.2 Å². The number of carbonyl (C=O) groups excluding carboxylic acids is 2. The number of likely N-dealkylation sites (tertiary alicyclic amines) is 1. The number of carbonyl (C=O) groups is 2. The maximum Gasteiger partial charge on any atom is 0.246 e. The second-order valence-corrected chi connectivity index (χ2v) is 14.4. The zero-order chi connectivity index (χ0) is 29.4. The highest BCUT2D eigenvalue weighted by Gasteiger charge is 2.57. The summed E-state index contributed by atoms with van der Waals surface area (Å²) in [5.74, 6) is 2.69. The number of nitriles is 1. The number of ether oxygens (including phenoxy) is 1. The summed E-state index contributed by atoms with van der Waals surface area (Å²) in [6.45, 7) is 9.69. The van der Waals surface area contributed by atoms with Gasteiger partial charge in [0.15, 0.2) is 12.1 Å². The van der Waals surface area contributed by atoms with E-state index in [2.05, 4.69) is 47.1 Å². The third kappa shape index (κ3) is 5.70. The van der Waals surface area contributed by atoms with Crippen molar-refractivity contribution in [1.29, 1.82) is 5.26 Å². The first kappa shape index (κ1) is 30.2. The van der Waals surface area contributed by atoms with Gasteiger partial charge in [-0.1, -0.05) is 32.8 Å². The molecule has 6 aliphatic rings. The van der Waals surface area contributed by atoms with Crippen molar-refractivity contribution < 1.29 is 14.3 Å². The number of fused-ring (bicyclic) bond motifs is 2. The Hall–Kier alpha value is -1.83. The minimum Gasteiger partial charge on any atom is -0.348 e. The molecule has 1 spiro atoms. The third-order valence-corrected chi connectivity index (χ3v) is 12.2. The summed E-state index contributed by atoms with van der Waals surface area (Å²) in [6, 6.07) is 2.26. The van der Waals surface area contributed by atoms with Crippen molar-refractivity contribution in [1.82, 2.24) is 25.3 Å². The van der Waals surface area contributed by atoms with Gasteiger partial charge in [0, 0.05) is 37.0 Å². The summed E-state index contributed by atoms with van der Waals surface area (Å²) in [5, 5.41) is 17.0. The molecule has 3 aliphatic heterocycles. The normalized spacial score (nSPS) is 43.0. The topological polar surface area (TPSA) is 101 Å². The highest BCUT2D eigenvalue weighted by molar-refractivity contribution is 5.91. The summed E-state index contributed by atoms with van der Waals surface area (Å²) >= 11 is 0. The summed E-state index contributed by atoms with van der Waals surface area (Å²) in [5.41, 5.74) is -0.205. The average Bonchev–Trinajstić information content (AvgIpc) is 3.42. The van der Waals surface area contributed by atoms with Crippen LogP contribution < -0.4 is 10.6 Å². The van der Waals surface area contributed by atoms with E-state index in [4.69, 9.17) is 4.74 Å². The first-order chi connectivity index (χ1) is 20.3. The van der Waals surface area contributed by atoms with Gasteiger partial charge in [-0.2, -0.15) is 5.26 Å². The molecule has 3 heterocycles. The van der Waals surface area contributed by atoms with Crippen LogP contribution in [0.2, 0.25) is 0 Å². The van der Waals surface area contributed by atoms with E-state index in [0.29, 0.717) is 44.0 Å². The highest BCUT2D eigenvalue weighted by Crippen LogP contribution is 2.55. The van der Waals surface area contributed by atoms with E-state index >= 15 is 0 Å². The predicted molar refractivity (Wildman–Crippen MR) is 161 cm³/mol. The van der Waals surface area contributed by atoms with Gasteiger partial charge in [0.05, 0.1) is 37.3 Å². The summed E-state index contributed by atoms with van der Waals surface area (Å²) in [4.78, 5) is 33.8. The van der Waals surface area contributed by atoms with Gasteiger partial charge in [0.25, 0.3) is 0 Å². The second kappa shape index (κ2) is 12.6. The molecule has 0 aromatic carbocycles. The molecule has 42 heavy (non-hydrogen) atoms. The molecule has 9 unspecified atom stereocenters. The van der Waals surface area contributed by atoms with Crippen LogP contribution in [0.1, 0.15) is 77.6 Å². The zero-order valence-corrected chi connectivity index (χ0v) is 25.8. The average molecular weight is 581 g/mol. The number of ketones is 1. The molecule has 2 N–H and O–H groups in total.